The van der Waals surface area contributed by atoms with E-state index in [9.17, 15) is 8.42 Å². The van der Waals surface area contributed by atoms with Gasteiger partial charge >= 0.3 is 0 Å². The molecule has 5 heteroatoms. The highest BCUT2D eigenvalue weighted by Gasteiger charge is 2.14. The molecular weight excluding hydrogens is 372 g/mol. The number of aliphatic hydroxyl groups is 1. The van der Waals surface area contributed by atoms with Crippen molar-refractivity contribution in [2.45, 2.75) is 102 Å². The minimum absolute atomic E-state index is 0.239. The molecule has 0 radical (unpaired) electrons. The zero-order valence-electron chi connectivity index (χ0n) is 17.7. The van der Waals surface area contributed by atoms with E-state index in [1.807, 2.05) is 6.92 Å². The first-order chi connectivity index (χ1) is 13.6. The molecule has 1 rings (SSSR count). The Hall–Kier alpha value is -0.910. The monoisotopic (exact) mass is 412 g/mol. The van der Waals surface area contributed by atoms with Crippen LogP contribution in [0.25, 0.3) is 0 Å². The van der Waals surface area contributed by atoms with Crippen LogP contribution in [0.1, 0.15) is 95.5 Å². The third-order valence-electron chi connectivity index (χ3n) is 5.10. The fourth-order valence-electron chi connectivity index (χ4n) is 3.28. The van der Waals surface area contributed by atoms with Crippen LogP contribution in [0, 0.1) is 6.92 Å². The first-order valence-electron chi connectivity index (χ1n) is 11.1. The molecule has 0 saturated heterocycles. The number of aliphatic hydroxyl groups excluding tert-OH is 1. The van der Waals surface area contributed by atoms with Crippen LogP contribution in [-0.2, 0) is 14.3 Å². The number of unbranched alkanes of at least 4 members (excludes halogenated alkanes) is 13. The van der Waals surface area contributed by atoms with E-state index in [2.05, 4.69) is 0 Å². The maximum absolute atomic E-state index is 12.1. The predicted octanol–water partition coefficient (Wildman–Crippen LogP) is 6.15. The van der Waals surface area contributed by atoms with Crippen LogP contribution in [-0.4, -0.2) is 26.7 Å². The lowest BCUT2D eigenvalue weighted by atomic mass is 10.0. The molecular formula is C23H40O4S. The van der Waals surface area contributed by atoms with Gasteiger partial charge in [-0.25, -0.2) is 0 Å². The number of hydrogen-bond acceptors (Lipinski definition) is 4. The van der Waals surface area contributed by atoms with Gasteiger partial charge in [-0.2, -0.15) is 8.42 Å². The summed E-state index contributed by atoms with van der Waals surface area (Å²) in [4.78, 5) is 0.239. The van der Waals surface area contributed by atoms with Gasteiger partial charge in [0.15, 0.2) is 0 Å². The molecule has 0 atom stereocenters. The van der Waals surface area contributed by atoms with Gasteiger partial charge in [-0.15, -0.1) is 0 Å². The number of hydrogen-bond donors (Lipinski definition) is 1. The van der Waals surface area contributed by atoms with Crippen molar-refractivity contribution in [2.24, 2.45) is 0 Å². The summed E-state index contributed by atoms with van der Waals surface area (Å²) in [5, 5.41) is 8.72. The summed E-state index contributed by atoms with van der Waals surface area (Å²) in [5.41, 5.74) is 1.04. The average molecular weight is 413 g/mol. The molecule has 0 unspecified atom stereocenters. The van der Waals surface area contributed by atoms with Crippen molar-refractivity contribution in [1.29, 1.82) is 0 Å². The lowest BCUT2D eigenvalue weighted by Gasteiger charge is -2.06. The van der Waals surface area contributed by atoms with Crippen molar-refractivity contribution in [3.05, 3.63) is 29.8 Å². The molecule has 0 aromatic heterocycles. The summed E-state index contributed by atoms with van der Waals surface area (Å²) >= 11 is 0. The van der Waals surface area contributed by atoms with Crippen LogP contribution in [0.15, 0.2) is 29.2 Å². The van der Waals surface area contributed by atoms with E-state index in [-0.39, 0.29) is 11.5 Å². The molecule has 0 amide bonds. The van der Waals surface area contributed by atoms with Crippen molar-refractivity contribution < 1.29 is 17.7 Å². The fraction of sp³-hybridized carbons (Fsp3) is 0.739. The van der Waals surface area contributed by atoms with E-state index >= 15 is 0 Å². The van der Waals surface area contributed by atoms with Crippen molar-refractivity contribution in [1.82, 2.24) is 0 Å². The Kier molecular flexibility index (Phi) is 14.3. The van der Waals surface area contributed by atoms with Crippen molar-refractivity contribution in [3.8, 4) is 0 Å². The van der Waals surface area contributed by atoms with Crippen LogP contribution in [0.5, 0.6) is 0 Å². The van der Waals surface area contributed by atoms with Crippen molar-refractivity contribution in [3.63, 3.8) is 0 Å². The molecule has 0 fully saturated rings. The van der Waals surface area contributed by atoms with E-state index < -0.39 is 10.1 Å². The SMILES string of the molecule is Cc1ccc(S(=O)(=O)OCCCCCCCCCCCCCCCCO)cc1. The summed E-state index contributed by atoms with van der Waals surface area (Å²) in [6, 6.07) is 6.77. The molecule has 28 heavy (non-hydrogen) atoms. The van der Waals surface area contributed by atoms with E-state index in [0.717, 1.165) is 31.2 Å². The highest BCUT2D eigenvalue weighted by Crippen LogP contribution is 2.15. The first kappa shape index (κ1) is 25.1. The average Bonchev–Trinajstić information content (AvgIpc) is 2.68. The molecule has 1 aromatic rings. The molecule has 162 valence electrons. The zero-order valence-corrected chi connectivity index (χ0v) is 18.5. The van der Waals surface area contributed by atoms with Gasteiger partial charge in [-0.3, -0.25) is 4.18 Å². The van der Waals surface area contributed by atoms with Gasteiger partial charge in [0.25, 0.3) is 10.1 Å². The Bertz CT molecular complexity index is 581. The van der Waals surface area contributed by atoms with Gasteiger partial charge in [0.1, 0.15) is 0 Å². The van der Waals surface area contributed by atoms with E-state index in [4.69, 9.17) is 9.29 Å². The second-order valence-corrected chi connectivity index (χ2v) is 9.38. The van der Waals surface area contributed by atoms with Gasteiger partial charge in [-0.05, 0) is 31.9 Å². The number of rotatable bonds is 18. The molecule has 0 bridgehead atoms. The Labute approximate surface area is 172 Å². The molecule has 0 saturated carbocycles. The molecule has 0 heterocycles. The fourth-order valence-corrected chi connectivity index (χ4v) is 4.22. The zero-order chi connectivity index (χ0) is 20.5. The van der Waals surface area contributed by atoms with Crippen LogP contribution in [0.4, 0.5) is 0 Å². The molecule has 4 nitrogen and oxygen atoms in total. The number of aryl methyl sites for hydroxylation is 1. The van der Waals surface area contributed by atoms with Gasteiger partial charge < -0.3 is 5.11 Å². The Morgan fingerprint density at radius 2 is 1.07 bits per heavy atom. The van der Waals surface area contributed by atoms with Gasteiger partial charge in [0.05, 0.1) is 11.5 Å². The minimum atomic E-state index is -3.61. The van der Waals surface area contributed by atoms with Gasteiger partial charge in [0, 0.05) is 6.61 Å². The minimum Gasteiger partial charge on any atom is -0.396 e. The molecule has 0 aliphatic rings. The summed E-state index contributed by atoms with van der Waals surface area (Å²) in [5.74, 6) is 0. The molecule has 1 aromatic carbocycles. The third kappa shape index (κ3) is 12.5. The summed E-state index contributed by atoms with van der Waals surface area (Å²) in [7, 11) is -3.61. The van der Waals surface area contributed by atoms with Crippen molar-refractivity contribution >= 4 is 10.1 Å². The van der Waals surface area contributed by atoms with Gasteiger partial charge in [-0.1, -0.05) is 94.7 Å². The summed E-state index contributed by atoms with van der Waals surface area (Å²) in [6.45, 7) is 2.54. The standard InChI is InChI=1S/C23H40O4S/c1-22-16-18-23(19-17-22)28(25,26)27-21-15-13-11-9-7-5-3-2-4-6-8-10-12-14-20-24/h16-19,24H,2-15,20-21H2,1H3. The first-order valence-corrected chi connectivity index (χ1v) is 12.5. The highest BCUT2D eigenvalue weighted by atomic mass is 32.2. The maximum atomic E-state index is 12.1. The Balaban J connectivity index is 1.88. The normalized spacial score (nSPS) is 11.8. The molecule has 0 aliphatic carbocycles. The summed E-state index contributed by atoms with van der Waals surface area (Å²) < 4.78 is 29.2. The lowest BCUT2D eigenvalue weighted by molar-refractivity contribution is 0.282. The summed E-state index contributed by atoms with van der Waals surface area (Å²) in [6.07, 6.45) is 16.8. The molecule has 0 aliphatic heterocycles. The molecule has 0 spiro atoms. The van der Waals surface area contributed by atoms with Crippen LogP contribution in [0.2, 0.25) is 0 Å². The largest absolute Gasteiger partial charge is 0.396 e. The van der Waals surface area contributed by atoms with E-state index in [1.54, 1.807) is 24.3 Å². The van der Waals surface area contributed by atoms with Crippen LogP contribution < -0.4 is 0 Å². The number of benzene rings is 1. The smallest absolute Gasteiger partial charge is 0.296 e. The molecule has 1 N–H and O–H groups in total. The predicted molar refractivity (Wildman–Crippen MR) is 116 cm³/mol. The highest BCUT2D eigenvalue weighted by molar-refractivity contribution is 7.86. The second kappa shape index (κ2) is 15.9. The quantitative estimate of drug-likeness (QED) is 0.232. The maximum Gasteiger partial charge on any atom is 0.296 e. The Morgan fingerprint density at radius 3 is 1.50 bits per heavy atom. The van der Waals surface area contributed by atoms with Crippen LogP contribution >= 0.6 is 0 Å². The third-order valence-corrected chi connectivity index (χ3v) is 6.43. The lowest BCUT2D eigenvalue weighted by Crippen LogP contribution is -2.07. The van der Waals surface area contributed by atoms with Gasteiger partial charge in [0.2, 0.25) is 0 Å². The topological polar surface area (TPSA) is 63.6 Å². The van der Waals surface area contributed by atoms with Crippen molar-refractivity contribution in [2.75, 3.05) is 13.2 Å². The second-order valence-electron chi connectivity index (χ2n) is 7.76. The van der Waals surface area contributed by atoms with E-state index in [0.29, 0.717) is 6.61 Å². The van der Waals surface area contributed by atoms with Crippen LogP contribution in [0.3, 0.4) is 0 Å². The Morgan fingerprint density at radius 1 is 0.679 bits per heavy atom. The van der Waals surface area contributed by atoms with E-state index in [1.165, 1.54) is 64.2 Å².